The normalized spacial score (nSPS) is 18.8. The highest BCUT2D eigenvalue weighted by Crippen LogP contribution is 2.40. The molecule has 0 aromatic heterocycles. The molecule has 0 amide bonds. The Balaban J connectivity index is 1.63. The molecule has 0 bridgehead atoms. The van der Waals surface area contributed by atoms with Crippen molar-refractivity contribution in [2.75, 3.05) is 24.5 Å². The molecule has 2 aromatic carbocycles. The number of aryl methyl sites for hydroxylation is 1. The predicted molar refractivity (Wildman–Crippen MR) is 118 cm³/mol. The first-order valence-corrected chi connectivity index (χ1v) is 10.3. The molecular weight excluding hydrogens is 344 g/mol. The van der Waals surface area contributed by atoms with Crippen LogP contribution in [0.2, 0.25) is 0 Å². The summed E-state index contributed by atoms with van der Waals surface area (Å²) in [6.45, 7) is 13.9. The van der Waals surface area contributed by atoms with Gasteiger partial charge in [0.05, 0.1) is 5.69 Å². The number of anilines is 2. The van der Waals surface area contributed by atoms with E-state index < -0.39 is 0 Å². The van der Waals surface area contributed by atoms with Crippen LogP contribution in [0.4, 0.5) is 11.4 Å². The molecule has 2 heterocycles. The Bertz CT molecular complexity index is 873. The van der Waals surface area contributed by atoms with Crippen LogP contribution in [-0.2, 0) is 6.61 Å². The molecule has 3 nitrogen and oxygen atoms in total. The molecule has 3 heteroatoms. The maximum Gasteiger partial charge on any atom is 0.143 e. The molecule has 28 heavy (non-hydrogen) atoms. The van der Waals surface area contributed by atoms with Gasteiger partial charge in [-0.15, -0.1) is 0 Å². The monoisotopic (exact) mass is 374 g/mol. The molecule has 0 saturated carbocycles. The summed E-state index contributed by atoms with van der Waals surface area (Å²) in [5, 5.41) is 0. The molecule has 4 rings (SSSR count). The van der Waals surface area contributed by atoms with E-state index in [1.54, 1.807) is 0 Å². The smallest absolute Gasteiger partial charge is 0.143 e. The molecule has 2 aliphatic heterocycles. The second-order valence-corrected chi connectivity index (χ2v) is 7.94. The number of nitrogens with zero attached hydrogens (tertiary/aromatic N) is 2. The number of para-hydroxylation sites is 2. The van der Waals surface area contributed by atoms with E-state index in [2.05, 4.69) is 72.3 Å². The number of fused-ring (bicyclic) bond motifs is 2. The van der Waals surface area contributed by atoms with Gasteiger partial charge in [0.15, 0.2) is 0 Å². The average molecular weight is 375 g/mol. The molecule has 0 aliphatic carbocycles. The number of hydrogen-bond donors (Lipinski definition) is 0. The zero-order valence-corrected chi connectivity index (χ0v) is 16.9. The van der Waals surface area contributed by atoms with Crippen LogP contribution in [0.25, 0.3) is 0 Å². The molecule has 2 aromatic rings. The second kappa shape index (κ2) is 8.24. The fraction of sp³-hybridized carbons (Fsp3) is 0.360. The fourth-order valence-corrected chi connectivity index (χ4v) is 4.33. The van der Waals surface area contributed by atoms with E-state index in [1.807, 2.05) is 6.08 Å². The maximum absolute atomic E-state index is 6.15. The van der Waals surface area contributed by atoms with Gasteiger partial charge in [0, 0.05) is 30.4 Å². The van der Waals surface area contributed by atoms with Gasteiger partial charge >= 0.3 is 0 Å². The highest BCUT2D eigenvalue weighted by Gasteiger charge is 2.29. The van der Waals surface area contributed by atoms with E-state index in [4.69, 9.17) is 4.74 Å². The summed E-state index contributed by atoms with van der Waals surface area (Å²) in [7, 11) is 0. The highest BCUT2D eigenvalue weighted by atomic mass is 16.5. The van der Waals surface area contributed by atoms with Crippen LogP contribution in [0, 0.1) is 6.92 Å². The zero-order valence-electron chi connectivity index (χ0n) is 16.9. The van der Waals surface area contributed by atoms with Crippen molar-refractivity contribution in [3.8, 4) is 5.75 Å². The first kappa shape index (κ1) is 18.8. The van der Waals surface area contributed by atoms with Crippen molar-refractivity contribution in [2.45, 2.75) is 38.8 Å². The maximum atomic E-state index is 6.15. The molecule has 0 spiro atoms. The molecule has 1 saturated heterocycles. The number of hydrogen-bond acceptors (Lipinski definition) is 3. The Labute approximate surface area is 168 Å². The summed E-state index contributed by atoms with van der Waals surface area (Å²) in [6, 6.07) is 15.7. The first-order valence-electron chi connectivity index (χ1n) is 10.3. The van der Waals surface area contributed by atoms with E-state index in [-0.39, 0.29) is 0 Å². The molecule has 1 atom stereocenters. The number of rotatable bonds is 6. The number of benzene rings is 2. The lowest BCUT2D eigenvalue weighted by Crippen LogP contribution is -2.39. The zero-order chi connectivity index (χ0) is 19.5. The van der Waals surface area contributed by atoms with E-state index in [0.29, 0.717) is 12.6 Å². The van der Waals surface area contributed by atoms with E-state index >= 15 is 0 Å². The summed E-state index contributed by atoms with van der Waals surface area (Å²) in [5.74, 6) is 0.973. The minimum atomic E-state index is 0.539. The van der Waals surface area contributed by atoms with Crippen LogP contribution in [0.5, 0.6) is 5.75 Å². The van der Waals surface area contributed by atoms with Gasteiger partial charge in [-0.05, 0) is 56.5 Å². The second-order valence-electron chi connectivity index (χ2n) is 7.94. The predicted octanol–water partition coefficient (Wildman–Crippen LogP) is 5.62. The molecule has 146 valence electrons. The summed E-state index contributed by atoms with van der Waals surface area (Å²) in [6.07, 6.45) is 5.38. The van der Waals surface area contributed by atoms with Gasteiger partial charge < -0.3 is 9.64 Å². The third kappa shape index (κ3) is 3.85. The van der Waals surface area contributed by atoms with Crippen molar-refractivity contribution < 1.29 is 4.74 Å². The number of allylic oxidation sites excluding steroid dienone is 1. The number of likely N-dealkylation sites (tertiary alicyclic amines) is 1. The molecule has 2 aliphatic rings. The minimum Gasteiger partial charge on any atom is -0.487 e. The Morgan fingerprint density at radius 3 is 2.93 bits per heavy atom. The van der Waals surface area contributed by atoms with Crippen molar-refractivity contribution in [2.24, 2.45) is 0 Å². The van der Waals surface area contributed by atoms with Crippen LogP contribution in [0.3, 0.4) is 0 Å². The lowest BCUT2D eigenvalue weighted by molar-refractivity contribution is 0.262. The number of ether oxygens (including phenoxy) is 1. The standard InChI is InChI=1S/C25H30N2O/c1-4-19(2)13-15-26-14-7-8-22(26)17-27-23-9-5-6-10-25(23)28-18-21-12-11-20(3)16-24(21)27/h4-6,9-12,16,22H,1-2,7-8,13-15,17-18H2,3H3. The van der Waals surface area contributed by atoms with Gasteiger partial charge in [-0.1, -0.05) is 49.1 Å². The Kier molecular flexibility index (Phi) is 5.54. The molecule has 1 fully saturated rings. The quantitative estimate of drug-likeness (QED) is 0.610. The SMILES string of the molecule is C=CC(=C)CCN1CCCC1CN1c2cc(C)ccc2COc2ccccc21. The van der Waals surface area contributed by atoms with Gasteiger partial charge in [-0.25, -0.2) is 0 Å². The Morgan fingerprint density at radius 2 is 2.07 bits per heavy atom. The van der Waals surface area contributed by atoms with Gasteiger partial charge in [0.25, 0.3) is 0 Å². The lowest BCUT2D eigenvalue weighted by Gasteiger charge is -2.33. The van der Waals surface area contributed by atoms with Crippen molar-refractivity contribution in [3.63, 3.8) is 0 Å². The Hall–Kier alpha value is -2.52. The average Bonchev–Trinajstić information content (AvgIpc) is 3.10. The van der Waals surface area contributed by atoms with Crippen molar-refractivity contribution in [1.82, 2.24) is 4.90 Å². The molecular formula is C25H30N2O. The van der Waals surface area contributed by atoms with E-state index in [9.17, 15) is 0 Å². The van der Waals surface area contributed by atoms with Crippen LogP contribution in [0.15, 0.2) is 67.3 Å². The summed E-state index contributed by atoms with van der Waals surface area (Å²) in [5.41, 5.74) is 6.13. The molecule has 1 unspecified atom stereocenters. The topological polar surface area (TPSA) is 15.7 Å². The van der Waals surface area contributed by atoms with Crippen LogP contribution in [0.1, 0.15) is 30.4 Å². The minimum absolute atomic E-state index is 0.539. The van der Waals surface area contributed by atoms with E-state index in [0.717, 1.165) is 30.8 Å². The van der Waals surface area contributed by atoms with Crippen LogP contribution >= 0.6 is 0 Å². The van der Waals surface area contributed by atoms with Gasteiger partial charge in [0.2, 0.25) is 0 Å². The van der Waals surface area contributed by atoms with Crippen molar-refractivity contribution in [3.05, 3.63) is 78.4 Å². The fourth-order valence-electron chi connectivity index (χ4n) is 4.33. The van der Waals surface area contributed by atoms with Gasteiger partial charge in [-0.3, -0.25) is 4.90 Å². The van der Waals surface area contributed by atoms with Crippen LogP contribution in [-0.4, -0.2) is 30.6 Å². The van der Waals surface area contributed by atoms with Crippen LogP contribution < -0.4 is 9.64 Å². The van der Waals surface area contributed by atoms with Gasteiger partial charge in [0.1, 0.15) is 12.4 Å². The summed E-state index contributed by atoms with van der Waals surface area (Å²) >= 11 is 0. The third-order valence-electron chi connectivity index (χ3n) is 5.97. The largest absolute Gasteiger partial charge is 0.487 e. The molecule has 0 radical (unpaired) electrons. The lowest BCUT2D eigenvalue weighted by atomic mass is 10.1. The van der Waals surface area contributed by atoms with Crippen molar-refractivity contribution >= 4 is 11.4 Å². The highest BCUT2D eigenvalue weighted by molar-refractivity contribution is 5.73. The Morgan fingerprint density at radius 1 is 1.21 bits per heavy atom. The third-order valence-corrected chi connectivity index (χ3v) is 5.97. The van der Waals surface area contributed by atoms with Crippen molar-refractivity contribution in [1.29, 1.82) is 0 Å². The molecule has 0 N–H and O–H groups in total. The van der Waals surface area contributed by atoms with E-state index in [1.165, 1.54) is 41.9 Å². The van der Waals surface area contributed by atoms with Gasteiger partial charge in [-0.2, -0.15) is 0 Å². The summed E-state index contributed by atoms with van der Waals surface area (Å²) in [4.78, 5) is 5.11. The first-order chi connectivity index (χ1) is 13.7. The summed E-state index contributed by atoms with van der Waals surface area (Å²) < 4.78 is 6.15.